The molecule has 0 unspecified atom stereocenters. The van der Waals surface area contributed by atoms with Gasteiger partial charge in [-0.05, 0) is 73.9 Å². The molecule has 216 valence electrons. The molecule has 1 aromatic heterocycles. The number of rotatable bonds is 12. The summed E-state index contributed by atoms with van der Waals surface area (Å²) in [5, 5.41) is 0. The molecule has 7 heteroatoms. The Kier molecular flexibility index (Phi) is 21.4. The van der Waals surface area contributed by atoms with Crippen LogP contribution in [0.1, 0.15) is 101 Å². The fraction of sp³-hybridized carbons (Fsp3) is 0.424. The molecule has 0 saturated carbocycles. The normalized spacial score (nSPS) is 11.1. The first-order chi connectivity index (χ1) is 17.5. The van der Waals surface area contributed by atoms with E-state index in [9.17, 15) is 0 Å². The SMILES string of the molecule is CCCc1cccc(CCC)c1N=C(C)c1cccc(C(C)=Nc2c(CCC)cccc2CCC)n1.[Cl-].[Cl-].[Cl-].[V+3]. The Hall–Kier alpha value is -1.62. The topological polar surface area (TPSA) is 37.6 Å². The molecule has 0 amide bonds. The van der Waals surface area contributed by atoms with Crippen LogP contribution >= 0.6 is 0 Å². The zero-order valence-corrected chi connectivity index (χ0v) is 28.4. The molecule has 0 aliphatic rings. The maximum Gasteiger partial charge on any atom is 3.00 e. The Morgan fingerprint density at radius 1 is 0.525 bits per heavy atom. The Morgan fingerprint density at radius 2 is 0.800 bits per heavy atom. The maximum atomic E-state index is 5.14. The van der Waals surface area contributed by atoms with Gasteiger partial charge in [-0.3, -0.25) is 9.98 Å². The van der Waals surface area contributed by atoms with E-state index >= 15 is 0 Å². The van der Waals surface area contributed by atoms with Gasteiger partial charge in [0.1, 0.15) is 0 Å². The van der Waals surface area contributed by atoms with E-state index in [-0.39, 0.29) is 55.8 Å². The smallest absolute Gasteiger partial charge is 1.00 e. The van der Waals surface area contributed by atoms with Crippen molar-refractivity contribution in [2.45, 2.75) is 92.9 Å². The third-order valence-electron chi connectivity index (χ3n) is 6.53. The molecule has 0 aliphatic carbocycles. The summed E-state index contributed by atoms with van der Waals surface area (Å²) in [7, 11) is 0. The van der Waals surface area contributed by atoms with Crippen molar-refractivity contribution in [3.63, 3.8) is 0 Å². The van der Waals surface area contributed by atoms with Crippen LogP contribution in [0.25, 0.3) is 0 Å². The van der Waals surface area contributed by atoms with Gasteiger partial charge in [-0.1, -0.05) is 95.8 Å². The molecule has 3 rings (SSSR count). The van der Waals surface area contributed by atoms with Gasteiger partial charge in [-0.2, -0.15) is 0 Å². The van der Waals surface area contributed by atoms with Crippen LogP contribution in [0.4, 0.5) is 11.4 Å². The summed E-state index contributed by atoms with van der Waals surface area (Å²) in [6.45, 7) is 13.1. The van der Waals surface area contributed by atoms with E-state index in [0.717, 1.165) is 85.6 Å². The van der Waals surface area contributed by atoms with Crippen LogP contribution in [0, 0.1) is 0 Å². The first kappa shape index (κ1) is 40.5. The number of hydrogen-bond donors (Lipinski definition) is 0. The van der Waals surface area contributed by atoms with Crippen LogP contribution in [0.3, 0.4) is 0 Å². The van der Waals surface area contributed by atoms with Crippen molar-refractivity contribution in [3.8, 4) is 0 Å². The van der Waals surface area contributed by atoms with Gasteiger partial charge < -0.3 is 37.2 Å². The van der Waals surface area contributed by atoms with E-state index in [0.29, 0.717) is 0 Å². The molecule has 40 heavy (non-hydrogen) atoms. The zero-order valence-electron chi connectivity index (χ0n) is 24.8. The van der Waals surface area contributed by atoms with Crippen molar-refractivity contribution >= 4 is 22.8 Å². The average molecular weight is 639 g/mol. The number of benzene rings is 2. The summed E-state index contributed by atoms with van der Waals surface area (Å²) in [5.74, 6) is 0. The number of nitrogens with zero attached hydrogens (tertiary/aromatic N) is 3. The largest absolute Gasteiger partial charge is 3.00 e. The molecule has 0 radical (unpaired) electrons. The monoisotopic (exact) mass is 637 g/mol. The molecule has 0 spiro atoms. The van der Waals surface area contributed by atoms with Crippen molar-refractivity contribution in [1.82, 2.24) is 4.98 Å². The van der Waals surface area contributed by atoms with Crippen LogP contribution in [0.15, 0.2) is 64.6 Å². The maximum absolute atomic E-state index is 5.14. The van der Waals surface area contributed by atoms with Gasteiger partial charge in [0, 0.05) is 0 Å². The van der Waals surface area contributed by atoms with Crippen molar-refractivity contribution in [3.05, 3.63) is 88.2 Å². The Morgan fingerprint density at radius 3 is 1.07 bits per heavy atom. The molecule has 0 saturated heterocycles. The van der Waals surface area contributed by atoms with Gasteiger partial charge in [0.15, 0.2) is 0 Å². The van der Waals surface area contributed by atoms with Crippen molar-refractivity contribution in [2.24, 2.45) is 9.98 Å². The van der Waals surface area contributed by atoms with Crippen molar-refractivity contribution in [1.29, 1.82) is 0 Å². The van der Waals surface area contributed by atoms with Crippen LogP contribution in [-0.4, -0.2) is 16.4 Å². The molecule has 3 nitrogen and oxygen atoms in total. The number of hydrogen-bond acceptors (Lipinski definition) is 3. The van der Waals surface area contributed by atoms with Gasteiger partial charge in [0.05, 0.1) is 34.2 Å². The van der Waals surface area contributed by atoms with E-state index in [2.05, 4.69) is 96.1 Å². The van der Waals surface area contributed by atoms with E-state index < -0.39 is 0 Å². The second-order valence-electron chi connectivity index (χ2n) is 9.65. The van der Waals surface area contributed by atoms with Crippen LogP contribution < -0.4 is 37.2 Å². The van der Waals surface area contributed by atoms with E-state index in [1.54, 1.807) is 0 Å². The number of aryl methyl sites for hydroxylation is 4. The number of halogens is 3. The summed E-state index contributed by atoms with van der Waals surface area (Å²) in [4.78, 5) is 15.3. The summed E-state index contributed by atoms with van der Waals surface area (Å²) in [5.41, 5.74) is 11.3. The van der Waals surface area contributed by atoms with Gasteiger partial charge in [0.2, 0.25) is 0 Å². The zero-order chi connectivity index (χ0) is 25.9. The molecule has 1 heterocycles. The molecular formula is C33H43Cl3N3V. The van der Waals surface area contributed by atoms with Gasteiger partial charge in [-0.15, -0.1) is 0 Å². The second-order valence-corrected chi connectivity index (χ2v) is 9.65. The third-order valence-corrected chi connectivity index (χ3v) is 6.53. The Bertz CT molecular complexity index is 1090. The van der Waals surface area contributed by atoms with E-state index in [1.165, 1.54) is 22.3 Å². The minimum Gasteiger partial charge on any atom is -1.00 e. The van der Waals surface area contributed by atoms with Crippen molar-refractivity contribution in [2.75, 3.05) is 0 Å². The number of aromatic nitrogens is 1. The van der Waals surface area contributed by atoms with E-state index in [4.69, 9.17) is 15.0 Å². The standard InChI is InChI=1S/C33H43N3.3ClH.V/c1-7-14-26-18-11-19-27(15-8-2)32(26)34-24(5)30-22-13-23-31(36-30)25(6)35-33-28(16-9-3)20-12-21-29(33)17-10-4;;;;/h11-13,18-23H,7-10,14-17H2,1-6H3;3*1H;/q;;;;+3/p-3. The molecule has 0 bridgehead atoms. The fourth-order valence-corrected chi connectivity index (χ4v) is 4.75. The summed E-state index contributed by atoms with van der Waals surface area (Å²) in [6, 6.07) is 19.4. The van der Waals surface area contributed by atoms with Gasteiger partial charge >= 0.3 is 18.6 Å². The van der Waals surface area contributed by atoms with Crippen LogP contribution in [-0.2, 0) is 44.2 Å². The second kappa shape index (κ2) is 21.1. The van der Waals surface area contributed by atoms with Gasteiger partial charge in [0.25, 0.3) is 0 Å². The number of aliphatic imine (C=N–C) groups is 2. The molecule has 0 atom stereocenters. The predicted octanol–water partition coefficient (Wildman–Crippen LogP) is 0.183. The number of pyridine rings is 1. The summed E-state index contributed by atoms with van der Waals surface area (Å²) >= 11 is 0. The first-order valence-electron chi connectivity index (χ1n) is 13.8. The van der Waals surface area contributed by atoms with Crippen molar-refractivity contribution < 1.29 is 55.8 Å². The van der Waals surface area contributed by atoms with Gasteiger partial charge in [-0.25, -0.2) is 4.98 Å². The summed E-state index contributed by atoms with van der Waals surface area (Å²) < 4.78 is 0. The average Bonchev–Trinajstić information content (AvgIpc) is 2.88. The first-order valence-corrected chi connectivity index (χ1v) is 13.8. The Balaban J connectivity index is 0. The molecule has 0 N–H and O–H groups in total. The van der Waals surface area contributed by atoms with Crippen LogP contribution in [0.5, 0.6) is 0 Å². The molecule has 0 fully saturated rings. The fourth-order valence-electron chi connectivity index (χ4n) is 4.75. The summed E-state index contributed by atoms with van der Waals surface area (Å²) in [6.07, 6.45) is 8.61. The molecule has 3 aromatic rings. The minimum atomic E-state index is 0. The molecular weight excluding hydrogens is 596 g/mol. The third kappa shape index (κ3) is 11.0. The minimum absolute atomic E-state index is 0. The predicted molar refractivity (Wildman–Crippen MR) is 157 cm³/mol. The molecule has 2 aromatic carbocycles. The molecule has 0 aliphatic heterocycles. The van der Waals surface area contributed by atoms with Crippen LogP contribution in [0.2, 0.25) is 0 Å². The van der Waals surface area contributed by atoms with E-state index in [1.807, 2.05) is 0 Å². The Labute approximate surface area is 273 Å². The quantitative estimate of drug-likeness (QED) is 0.261. The number of para-hydroxylation sites is 2.